The Morgan fingerprint density at radius 1 is 0.259 bits per heavy atom. The van der Waals surface area contributed by atoms with Crippen LogP contribution in [-0.2, 0) is 0 Å². The SMILES string of the molecule is O=C1C(=Cc2ccc(-n3ccc4ccnnc43)[se]2)C(=O)c2cc3ccccc3cc21.O=C1C(=Cc2ccc(-n3ccc4ccnnc43)[se]2)C(=O)c2ccccc21.O=C1C(=Cc2ccc(-n3ccc4ccnnc43)[te]2)C(=O)c2cc3ccccc3cc21.O=C1C(=Cc2ccc(-n3ccc4ccnnc43)[te]2)C(=O)c2ccccc21. The number of nitrogens with zero attached hydrogens (tertiary/aromatic N) is 12. The Morgan fingerprint density at radius 2 is 0.536 bits per heavy atom. The van der Waals surface area contributed by atoms with Gasteiger partial charge in [-0.2, -0.15) is 0 Å². The molecule has 0 fully saturated rings. The van der Waals surface area contributed by atoms with Crippen LogP contribution in [-0.4, -0.2) is 175 Å². The predicted molar refractivity (Wildman–Crippen MR) is 431 cm³/mol. The van der Waals surface area contributed by atoms with Crippen molar-refractivity contribution in [3.05, 3.63) is 351 Å². The molecule has 0 radical (unpaired) electrons. The molecule has 0 spiro atoms. The molecule has 0 bridgehead atoms. The topological polar surface area (TPSA) is 259 Å². The van der Waals surface area contributed by atoms with Gasteiger partial charge in [0.2, 0.25) is 0 Å². The van der Waals surface area contributed by atoms with E-state index in [1.54, 1.807) is 97.6 Å². The van der Waals surface area contributed by atoms with Crippen molar-refractivity contribution in [1.82, 2.24) is 59.1 Å². The fourth-order valence-corrected chi connectivity index (χ4v) is 23.3. The number of benzene rings is 6. The van der Waals surface area contributed by atoms with Crippen molar-refractivity contribution in [2.24, 2.45) is 0 Å². The van der Waals surface area contributed by atoms with Crippen LogP contribution in [0.2, 0.25) is 0 Å². The number of carbonyl (C=O) groups excluding carboxylic acids is 8. The van der Waals surface area contributed by atoms with Crippen LogP contribution in [0.5, 0.6) is 0 Å². The first-order valence-electron chi connectivity index (χ1n) is 34.9. The molecule has 18 aromatic rings. The van der Waals surface area contributed by atoms with Gasteiger partial charge >= 0.3 is 671 Å². The number of Topliss-reactive ketones (excluding diaryl/α,β-unsaturated/α-hetero) is 8. The molecule has 0 N–H and O–H groups in total. The summed E-state index contributed by atoms with van der Waals surface area (Å²) < 4.78 is 16.7. The summed E-state index contributed by atoms with van der Waals surface area (Å²) in [6.45, 7) is 0. The molecule has 22 rings (SSSR count). The summed E-state index contributed by atoms with van der Waals surface area (Å²) in [6, 6.07) is 68.7. The van der Waals surface area contributed by atoms with E-state index >= 15 is 0 Å². The first-order chi connectivity index (χ1) is 54.8. The number of rotatable bonds is 8. The van der Waals surface area contributed by atoms with Crippen LogP contribution in [0.15, 0.2) is 290 Å². The van der Waals surface area contributed by atoms with Crippen LogP contribution >= 0.6 is 0 Å². The van der Waals surface area contributed by atoms with Gasteiger partial charge in [-0.25, -0.2) is 0 Å². The maximum atomic E-state index is 13.0. The van der Waals surface area contributed by atoms with Crippen LogP contribution in [0.25, 0.3) is 107 Å². The van der Waals surface area contributed by atoms with E-state index in [0.29, 0.717) is 44.5 Å². The van der Waals surface area contributed by atoms with Gasteiger partial charge in [-0.15, -0.1) is 0 Å². The zero-order valence-electron chi connectivity index (χ0n) is 58.0. The van der Waals surface area contributed by atoms with Crippen molar-refractivity contribution in [1.29, 1.82) is 0 Å². The number of aromatic nitrogens is 12. The fourth-order valence-electron chi connectivity index (χ4n) is 14.1. The zero-order valence-corrected chi connectivity index (χ0v) is 66.1. The Bertz CT molecular complexity index is 6640. The molecule has 112 heavy (non-hydrogen) atoms. The van der Waals surface area contributed by atoms with Gasteiger partial charge in [-0.05, 0) is 0 Å². The fraction of sp³-hybridized carbons (Fsp3) is 0. The van der Waals surface area contributed by atoms with Gasteiger partial charge in [0.15, 0.2) is 0 Å². The van der Waals surface area contributed by atoms with Crippen molar-refractivity contribution in [3.8, 4) is 16.5 Å². The molecular formula is C88H48N12O8Se2Te2. The number of hydrogen-bond donors (Lipinski definition) is 0. The monoisotopic (exact) mass is 1820 g/mol. The summed E-state index contributed by atoms with van der Waals surface area (Å²) >= 11 is -1.55. The number of allylic oxidation sites excluding steroid dienone is 4. The van der Waals surface area contributed by atoms with Crippen molar-refractivity contribution < 1.29 is 38.4 Å². The van der Waals surface area contributed by atoms with Crippen molar-refractivity contribution in [2.75, 3.05) is 0 Å². The standard InChI is InChI=1S/C24H13N3O2Se.C24H13N3O2Te.C20H11N3O2Se.C20H11N3O2Te/c2*28-22-18-11-15-3-1-2-4-16(15)12-19(18)23(29)20(22)13-17-5-6-21(30-17)27-10-8-14-7-9-25-26-24(14)27;2*24-18-14-3-1-2-4-15(14)19(25)16(18)11-13-5-6-17(26-13)23-10-8-12-7-9-21-22-20(12)23/h2*1-13H;2*1-11H. The Hall–Kier alpha value is -12.8. The molecule has 24 heteroatoms. The summed E-state index contributed by atoms with van der Waals surface area (Å²) in [5.74, 6) is -1.47. The Balaban J connectivity index is 0.000000101. The molecule has 0 saturated heterocycles. The Labute approximate surface area is 665 Å². The number of ketones is 8. The van der Waals surface area contributed by atoms with Crippen LogP contribution in [0.3, 0.4) is 0 Å². The molecule has 12 heterocycles. The molecule has 0 saturated carbocycles. The second-order valence-corrected chi connectivity index (χ2v) is 37.0. The van der Waals surface area contributed by atoms with Gasteiger partial charge < -0.3 is 0 Å². The summed E-state index contributed by atoms with van der Waals surface area (Å²) in [7, 11) is 0. The summed E-state index contributed by atoms with van der Waals surface area (Å²) in [5, 5.41) is 40.7. The van der Waals surface area contributed by atoms with E-state index in [9.17, 15) is 38.4 Å². The average Bonchev–Trinajstić information content (AvgIpc) is 1.61. The first kappa shape index (κ1) is 69.6. The zero-order chi connectivity index (χ0) is 75.8. The van der Waals surface area contributed by atoms with E-state index in [1.807, 2.05) is 213 Å². The van der Waals surface area contributed by atoms with E-state index in [4.69, 9.17) is 0 Å². The Morgan fingerprint density at radius 3 is 0.857 bits per heavy atom. The number of hydrogen-bond acceptors (Lipinski definition) is 16. The van der Waals surface area contributed by atoms with Gasteiger partial charge in [0.05, 0.1) is 0 Å². The third kappa shape index (κ3) is 12.6. The molecule has 12 aromatic heterocycles. The van der Waals surface area contributed by atoms with Gasteiger partial charge in [-0.1, -0.05) is 0 Å². The molecule has 0 unspecified atom stereocenters. The van der Waals surface area contributed by atoms with Crippen LogP contribution < -0.4 is 0 Å². The van der Waals surface area contributed by atoms with Crippen LogP contribution in [0, 0.1) is 0 Å². The van der Waals surface area contributed by atoms with Crippen LogP contribution in [0.4, 0.5) is 0 Å². The summed E-state index contributed by atoms with van der Waals surface area (Å²) in [5.41, 5.74) is 8.30. The van der Waals surface area contributed by atoms with Crippen molar-refractivity contribution in [3.63, 3.8) is 0 Å². The van der Waals surface area contributed by atoms with E-state index in [2.05, 4.69) is 40.8 Å². The quantitative estimate of drug-likeness (QED) is 0.0778. The molecule has 0 amide bonds. The second-order valence-electron chi connectivity index (χ2n) is 26.1. The van der Waals surface area contributed by atoms with Gasteiger partial charge in [0.1, 0.15) is 0 Å². The van der Waals surface area contributed by atoms with Gasteiger partial charge in [0.25, 0.3) is 0 Å². The molecule has 20 nitrogen and oxygen atoms in total. The maximum absolute atomic E-state index is 13.0. The molecule has 532 valence electrons. The van der Waals surface area contributed by atoms with Gasteiger partial charge in [-0.3, -0.25) is 0 Å². The minimum atomic E-state index is -0.757. The second kappa shape index (κ2) is 28.9. The van der Waals surface area contributed by atoms with E-state index < -0.39 is 40.9 Å². The van der Waals surface area contributed by atoms with Gasteiger partial charge in [0, 0.05) is 0 Å². The normalized spacial score (nSPS) is 13.4. The van der Waals surface area contributed by atoms with Crippen LogP contribution in [0.1, 0.15) is 98.9 Å². The Kier molecular flexibility index (Phi) is 18.0. The van der Waals surface area contributed by atoms with E-state index in [1.165, 1.54) is 0 Å². The molecule has 0 aliphatic heterocycles. The first-order valence-corrected chi connectivity index (χ1v) is 42.9. The molecule has 4 aliphatic carbocycles. The number of fused-ring (bicyclic) bond motifs is 10. The summed E-state index contributed by atoms with van der Waals surface area (Å²) in [6.07, 6.45) is 21.7. The molecule has 0 atom stereocenters. The van der Waals surface area contributed by atoms with Crippen molar-refractivity contribution >= 4 is 206 Å². The summed E-state index contributed by atoms with van der Waals surface area (Å²) in [4.78, 5) is 102. The third-order valence-electron chi connectivity index (χ3n) is 19.5. The number of carbonyl (C=O) groups is 8. The average molecular weight is 1810 g/mol. The van der Waals surface area contributed by atoms with E-state index in [-0.39, 0.29) is 97.6 Å². The van der Waals surface area contributed by atoms with E-state index in [0.717, 1.165) is 98.2 Å². The molecular weight excluding hydrogens is 1770 g/mol. The molecule has 4 aliphatic rings. The third-order valence-corrected chi connectivity index (χ3v) is 29.8. The predicted octanol–water partition coefficient (Wildman–Crippen LogP) is 14.1. The minimum absolute atomic E-state index is 0.0220. The molecule has 6 aromatic carbocycles. The van der Waals surface area contributed by atoms with Crippen molar-refractivity contribution in [2.45, 2.75) is 0 Å².